The van der Waals surface area contributed by atoms with Crippen molar-refractivity contribution in [1.29, 1.82) is 0 Å². The highest BCUT2D eigenvalue weighted by atomic mass is 35.5. The minimum Gasteiger partial charge on any atom is -0.342 e. The van der Waals surface area contributed by atoms with Crippen molar-refractivity contribution in [2.75, 3.05) is 18.8 Å². The molecule has 7 nitrogen and oxygen atoms in total. The van der Waals surface area contributed by atoms with E-state index in [9.17, 15) is 4.79 Å². The number of hydrogen-bond donors (Lipinski definition) is 0. The molecule has 4 rings (SSSR count). The average Bonchev–Trinajstić information content (AvgIpc) is 3.29. The lowest BCUT2D eigenvalue weighted by Gasteiger charge is -2.14. The van der Waals surface area contributed by atoms with Crippen molar-refractivity contribution in [3.8, 4) is 5.69 Å². The van der Waals surface area contributed by atoms with Gasteiger partial charge in [-0.05, 0) is 31.0 Å². The van der Waals surface area contributed by atoms with Gasteiger partial charge in [0.2, 0.25) is 5.91 Å². The first kappa shape index (κ1) is 16.3. The van der Waals surface area contributed by atoms with Crippen molar-refractivity contribution in [2.45, 2.75) is 17.9 Å². The van der Waals surface area contributed by atoms with Crippen LogP contribution >= 0.6 is 23.4 Å². The number of thioether (sulfide) groups is 1. The maximum absolute atomic E-state index is 12.2. The lowest BCUT2D eigenvalue weighted by molar-refractivity contribution is -0.127. The molecule has 1 amide bonds. The third-order valence-electron chi connectivity index (χ3n) is 4.05. The fraction of sp³-hybridized carbons (Fsp3) is 0.312. The Kier molecular flexibility index (Phi) is 4.54. The van der Waals surface area contributed by atoms with Crippen LogP contribution in [-0.4, -0.2) is 54.6 Å². The largest absolute Gasteiger partial charge is 0.342 e. The predicted molar refractivity (Wildman–Crippen MR) is 96.0 cm³/mol. The van der Waals surface area contributed by atoms with Gasteiger partial charge in [-0.3, -0.25) is 4.79 Å². The zero-order valence-electron chi connectivity index (χ0n) is 13.3. The summed E-state index contributed by atoms with van der Waals surface area (Å²) in [6, 6.07) is 7.31. The van der Waals surface area contributed by atoms with Crippen LogP contribution in [0.25, 0.3) is 16.9 Å². The SMILES string of the molecule is O=C(CSc1ncnc2c1nnn2-c1cccc(Cl)c1)N1CCCC1. The average molecular weight is 375 g/mol. The van der Waals surface area contributed by atoms with Crippen molar-refractivity contribution >= 4 is 40.4 Å². The second kappa shape index (κ2) is 6.97. The van der Waals surface area contributed by atoms with E-state index in [4.69, 9.17) is 11.6 Å². The highest BCUT2D eigenvalue weighted by Gasteiger charge is 2.20. The van der Waals surface area contributed by atoms with E-state index in [1.54, 1.807) is 16.8 Å². The molecule has 25 heavy (non-hydrogen) atoms. The van der Waals surface area contributed by atoms with Crippen LogP contribution in [0.5, 0.6) is 0 Å². The molecule has 0 spiro atoms. The molecule has 0 bridgehead atoms. The number of halogens is 1. The monoisotopic (exact) mass is 374 g/mol. The van der Waals surface area contributed by atoms with Gasteiger partial charge in [0.15, 0.2) is 11.2 Å². The van der Waals surface area contributed by atoms with Crippen molar-refractivity contribution < 1.29 is 4.79 Å². The summed E-state index contributed by atoms with van der Waals surface area (Å²) in [5, 5.41) is 9.64. The minimum absolute atomic E-state index is 0.136. The van der Waals surface area contributed by atoms with E-state index < -0.39 is 0 Å². The summed E-state index contributed by atoms with van der Waals surface area (Å²) >= 11 is 7.42. The summed E-state index contributed by atoms with van der Waals surface area (Å²) in [5.74, 6) is 0.479. The number of aromatic nitrogens is 5. The summed E-state index contributed by atoms with van der Waals surface area (Å²) in [5.41, 5.74) is 1.95. The van der Waals surface area contributed by atoms with E-state index in [1.807, 2.05) is 17.0 Å². The van der Waals surface area contributed by atoms with Gasteiger partial charge >= 0.3 is 0 Å². The molecule has 1 fully saturated rings. The van der Waals surface area contributed by atoms with Crippen LogP contribution in [0.15, 0.2) is 35.6 Å². The van der Waals surface area contributed by atoms with Crippen LogP contribution in [0.3, 0.4) is 0 Å². The number of hydrogen-bond acceptors (Lipinski definition) is 6. The van der Waals surface area contributed by atoms with Crippen molar-refractivity contribution in [3.05, 3.63) is 35.6 Å². The van der Waals surface area contributed by atoms with Crippen molar-refractivity contribution in [1.82, 2.24) is 29.9 Å². The Morgan fingerprint density at radius 3 is 2.88 bits per heavy atom. The van der Waals surface area contributed by atoms with E-state index in [0.717, 1.165) is 31.6 Å². The molecule has 0 saturated carbocycles. The van der Waals surface area contributed by atoms with Gasteiger partial charge in [0.05, 0.1) is 11.4 Å². The highest BCUT2D eigenvalue weighted by molar-refractivity contribution is 8.00. The quantitative estimate of drug-likeness (QED) is 0.516. The van der Waals surface area contributed by atoms with Crippen LogP contribution in [0, 0.1) is 0 Å². The lowest BCUT2D eigenvalue weighted by atomic mass is 10.3. The van der Waals surface area contributed by atoms with Gasteiger partial charge in [-0.2, -0.15) is 4.68 Å². The summed E-state index contributed by atoms with van der Waals surface area (Å²) in [6.45, 7) is 1.70. The van der Waals surface area contributed by atoms with Gasteiger partial charge in [-0.25, -0.2) is 9.97 Å². The predicted octanol–water partition coefficient (Wildman–Crippen LogP) is 2.58. The summed E-state index contributed by atoms with van der Waals surface area (Å²) in [7, 11) is 0. The zero-order valence-corrected chi connectivity index (χ0v) is 14.9. The molecule has 0 atom stereocenters. The molecule has 1 aromatic carbocycles. The Bertz CT molecular complexity index is 924. The van der Waals surface area contributed by atoms with Crippen LogP contribution in [0.4, 0.5) is 0 Å². The van der Waals surface area contributed by atoms with Crippen molar-refractivity contribution in [3.63, 3.8) is 0 Å². The molecule has 0 aliphatic carbocycles. The topological polar surface area (TPSA) is 76.8 Å². The standard InChI is InChI=1S/C16H15ClN6OS/c17-11-4-3-5-12(8-11)23-15-14(20-21-23)16(19-10-18-15)25-9-13(24)22-6-1-2-7-22/h3-5,8,10H,1-2,6-7,9H2. The Hall–Kier alpha value is -2.19. The van der Waals surface area contributed by atoms with Crippen LogP contribution in [0.2, 0.25) is 5.02 Å². The third kappa shape index (κ3) is 3.32. The van der Waals surface area contributed by atoms with E-state index in [-0.39, 0.29) is 5.91 Å². The number of rotatable bonds is 4. The van der Waals surface area contributed by atoms with Gasteiger partial charge in [-0.15, -0.1) is 5.10 Å². The number of benzene rings is 1. The molecule has 0 radical (unpaired) electrons. The Labute approximate surface area is 153 Å². The number of nitrogens with zero attached hydrogens (tertiary/aromatic N) is 6. The Balaban J connectivity index is 1.59. The van der Waals surface area contributed by atoms with E-state index in [1.165, 1.54) is 18.1 Å². The summed E-state index contributed by atoms with van der Waals surface area (Å²) in [6.07, 6.45) is 3.64. The number of carbonyl (C=O) groups excluding carboxylic acids is 1. The van der Waals surface area contributed by atoms with Crippen molar-refractivity contribution in [2.24, 2.45) is 0 Å². The molecule has 3 aromatic rings. The first-order valence-electron chi connectivity index (χ1n) is 7.95. The normalized spacial score (nSPS) is 14.4. The number of amides is 1. The highest BCUT2D eigenvalue weighted by Crippen LogP contribution is 2.25. The van der Waals surface area contributed by atoms with Crippen LogP contribution in [-0.2, 0) is 4.79 Å². The molecule has 1 aliphatic heterocycles. The maximum Gasteiger partial charge on any atom is 0.232 e. The number of fused-ring (bicyclic) bond motifs is 1. The minimum atomic E-state index is 0.136. The van der Waals surface area contributed by atoms with Gasteiger partial charge in [-0.1, -0.05) is 34.6 Å². The number of likely N-dealkylation sites (tertiary alicyclic amines) is 1. The van der Waals surface area contributed by atoms with Gasteiger partial charge < -0.3 is 4.90 Å². The fourth-order valence-electron chi connectivity index (χ4n) is 2.80. The molecule has 128 valence electrons. The molecule has 3 heterocycles. The van der Waals surface area contributed by atoms with E-state index >= 15 is 0 Å². The second-order valence-electron chi connectivity index (χ2n) is 5.71. The summed E-state index contributed by atoms with van der Waals surface area (Å²) < 4.78 is 1.62. The van der Waals surface area contributed by atoms with Crippen LogP contribution in [0.1, 0.15) is 12.8 Å². The molecule has 9 heteroatoms. The molecular weight excluding hydrogens is 360 g/mol. The number of carbonyl (C=O) groups is 1. The zero-order chi connectivity index (χ0) is 17.2. The van der Waals surface area contributed by atoms with Crippen LogP contribution < -0.4 is 0 Å². The Morgan fingerprint density at radius 2 is 2.08 bits per heavy atom. The third-order valence-corrected chi connectivity index (χ3v) is 5.25. The molecule has 1 saturated heterocycles. The molecule has 0 unspecified atom stereocenters. The maximum atomic E-state index is 12.2. The molecular formula is C16H15ClN6OS. The lowest BCUT2D eigenvalue weighted by Crippen LogP contribution is -2.29. The molecule has 2 aromatic heterocycles. The van der Waals surface area contributed by atoms with E-state index in [2.05, 4.69) is 20.3 Å². The van der Waals surface area contributed by atoms with Gasteiger partial charge in [0, 0.05) is 18.1 Å². The summed E-state index contributed by atoms with van der Waals surface area (Å²) in [4.78, 5) is 22.7. The first-order chi connectivity index (χ1) is 12.2. The Morgan fingerprint density at radius 1 is 1.24 bits per heavy atom. The molecule has 0 N–H and O–H groups in total. The molecule has 1 aliphatic rings. The first-order valence-corrected chi connectivity index (χ1v) is 9.31. The van der Waals surface area contributed by atoms with Gasteiger partial charge in [0.1, 0.15) is 11.4 Å². The second-order valence-corrected chi connectivity index (χ2v) is 7.11. The van der Waals surface area contributed by atoms with Gasteiger partial charge in [0.25, 0.3) is 0 Å². The van der Waals surface area contributed by atoms with E-state index in [0.29, 0.717) is 27.0 Å². The fourth-order valence-corrected chi connectivity index (χ4v) is 3.82. The smallest absolute Gasteiger partial charge is 0.232 e.